The van der Waals surface area contributed by atoms with Gasteiger partial charge in [-0.1, -0.05) is 0 Å². The van der Waals surface area contributed by atoms with E-state index in [0.29, 0.717) is 22.7 Å². The Hall–Kier alpha value is -3.42. The number of nitrogens with two attached hydrogens (primary N) is 2. The third kappa shape index (κ3) is 4.30. The highest BCUT2D eigenvalue weighted by Gasteiger charge is 2.12. The third-order valence-corrected chi connectivity index (χ3v) is 2.67. The van der Waals surface area contributed by atoms with Gasteiger partial charge in [0.1, 0.15) is 0 Å². The second kappa shape index (κ2) is 6.84. The summed E-state index contributed by atoms with van der Waals surface area (Å²) >= 11 is 0. The zero-order valence-electron chi connectivity index (χ0n) is 11.6. The maximum absolute atomic E-state index is 11.6. The van der Waals surface area contributed by atoms with Gasteiger partial charge in [0, 0.05) is 11.4 Å². The molecule has 0 aliphatic carbocycles. The number of carbonyl (C=O) groups excluding carboxylic acids is 2. The molecule has 0 spiro atoms. The van der Waals surface area contributed by atoms with Gasteiger partial charge < -0.3 is 11.5 Å². The van der Waals surface area contributed by atoms with Crippen LogP contribution < -0.4 is 33.2 Å². The van der Waals surface area contributed by atoms with E-state index >= 15 is 0 Å². The molecular weight excluding hydrogens is 284 g/mol. The van der Waals surface area contributed by atoms with Crippen molar-refractivity contribution < 1.29 is 9.59 Å². The van der Waals surface area contributed by atoms with Gasteiger partial charge >= 0.3 is 11.8 Å². The molecule has 22 heavy (non-hydrogen) atoms. The summed E-state index contributed by atoms with van der Waals surface area (Å²) in [6.45, 7) is 0. The first-order chi connectivity index (χ1) is 10.5. The fourth-order valence-electron chi connectivity index (χ4n) is 1.50. The van der Waals surface area contributed by atoms with E-state index in [1.54, 1.807) is 48.5 Å². The predicted octanol–water partition coefficient (Wildman–Crippen LogP) is 0.437. The van der Waals surface area contributed by atoms with E-state index in [1.807, 2.05) is 0 Å². The number of hydrazine groups is 2. The lowest BCUT2D eigenvalue weighted by molar-refractivity contribution is -0.138. The van der Waals surface area contributed by atoms with Gasteiger partial charge in [0.05, 0.1) is 11.4 Å². The summed E-state index contributed by atoms with van der Waals surface area (Å²) in [5.41, 5.74) is 23.2. The van der Waals surface area contributed by atoms with Crippen LogP contribution in [-0.2, 0) is 9.59 Å². The largest absolute Gasteiger partial charge is 0.399 e. The van der Waals surface area contributed by atoms with Crippen LogP contribution in [-0.4, -0.2) is 11.8 Å². The van der Waals surface area contributed by atoms with E-state index in [1.165, 1.54) is 0 Å². The van der Waals surface area contributed by atoms with Crippen molar-refractivity contribution >= 4 is 34.6 Å². The second-order valence-electron chi connectivity index (χ2n) is 4.40. The minimum Gasteiger partial charge on any atom is -0.399 e. The van der Waals surface area contributed by atoms with Gasteiger partial charge in [-0.3, -0.25) is 31.3 Å². The summed E-state index contributed by atoms with van der Waals surface area (Å²) in [4.78, 5) is 23.2. The van der Waals surface area contributed by atoms with Crippen LogP contribution in [0.25, 0.3) is 0 Å². The molecule has 0 saturated carbocycles. The summed E-state index contributed by atoms with van der Waals surface area (Å²) < 4.78 is 0. The van der Waals surface area contributed by atoms with E-state index in [-0.39, 0.29) is 0 Å². The Kier molecular flexibility index (Phi) is 4.66. The number of hydrogen-bond acceptors (Lipinski definition) is 6. The number of hydrogen-bond donors (Lipinski definition) is 6. The highest BCUT2D eigenvalue weighted by molar-refractivity contribution is 6.35. The van der Waals surface area contributed by atoms with E-state index < -0.39 is 11.8 Å². The zero-order chi connectivity index (χ0) is 15.9. The predicted molar refractivity (Wildman–Crippen MR) is 85.2 cm³/mol. The standard InChI is InChI=1S/C14H16N6O2/c15-9-1-5-11(6-2-9)17-19-13(21)14(22)20-18-12-7-3-10(16)4-8-12/h1-8,17-18H,15-16H2,(H,19,21)(H,20,22). The molecule has 0 aliphatic heterocycles. The zero-order valence-corrected chi connectivity index (χ0v) is 11.6. The molecule has 2 rings (SSSR count). The van der Waals surface area contributed by atoms with E-state index in [2.05, 4.69) is 21.7 Å². The first-order valence-electron chi connectivity index (χ1n) is 6.38. The molecule has 2 aromatic carbocycles. The normalized spacial score (nSPS) is 9.64. The van der Waals surface area contributed by atoms with Gasteiger partial charge in [0.2, 0.25) is 0 Å². The van der Waals surface area contributed by atoms with Crippen molar-refractivity contribution in [2.75, 3.05) is 22.3 Å². The summed E-state index contributed by atoms with van der Waals surface area (Å²) in [6.07, 6.45) is 0. The highest BCUT2D eigenvalue weighted by Crippen LogP contribution is 2.09. The molecule has 8 heteroatoms. The van der Waals surface area contributed by atoms with Crippen LogP contribution in [0.1, 0.15) is 0 Å². The Morgan fingerprint density at radius 2 is 0.955 bits per heavy atom. The topological polar surface area (TPSA) is 134 Å². The Morgan fingerprint density at radius 1 is 0.636 bits per heavy atom. The monoisotopic (exact) mass is 300 g/mol. The molecule has 0 fully saturated rings. The number of benzene rings is 2. The van der Waals surface area contributed by atoms with Crippen molar-refractivity contribution in [1.29, 1.82) is 0 Å². The van der Waals surface area contributed by atoms with Crippen LogP contribution in [0.3, 0.4) is 0 Å². The molecule has 2 amide bonds. The Morgan fingerprint density at radius 3 is 1.27 bits per heavy atom. The molecule has 0 aromatic heterocycles. The first kappa shape index (κ1) is 15.0. The molecule has 8 N–H and O–H groups in total. The van der Waals surface area contributed by atoms with Crippen LogP contribution >= 0.6 is 0 Å². The van der Waals surface area contributed by atoms with Crippen LogP contribution in [0.15, 0.2) is 48.5 Å². The molecule has 0 atom stereocenters. The number of rotatable bonds is 4. The maximum atomic E-state index is 11.6. The molecule has 0 saturated heterocycles. The number of anilines is 4. The average Bonchev–Trinajstić information content (AvgIpc) is 2.53. The fraction of sp³-hybridized carbons (Fsp3) is 0. The summed E-state index contributed by atoms with van der Waals surface area (Å²) in [5, 5.41) is 0. The van der Waals surface area contributed by atoms with Crippen molar-refractivity contribution in [3.8, 4) is 0 Å². The first-order valence-corrected chi connectivity index (χ1v) is 6.38. The fourth-order valence-corrected chi connectivity index (χ4v) is 1.50. The smallest absolute Gasteiger partial charge is 0.329 e. The second-order valence-corrected chi connectivity index (χ2v) is 4.40. The number of nitrogens with one attached hydrogen (secondary N) is 4. The van der Waals surface area contributed by atoms with E-state index in [4.69, 9.17) is 11.5 Å². The lowest BCUT2D eigenvalue weighted by Crippen LogP contribution is -2.44. The van der Waals surface area contributed by atoms with Crippen molar-refractivity contribution in [1.82, 2.24) is 10.9 Å². The van der Waals surface area contributed by atoms with Crippen molar-refractivity contribution in [2.24, 2.45) is 0 Å². The lowest BCUT2D eigenvalue weighted by atomic mass is 10.3. The summed E-state index contributed by atoms with van der Waals surface area (Å²) in [5.74, 6) is -1.69. The number of nitrogen functional groups attached to an aromatic ring is 2. The summed E-state index contributed by atoms with van der Waals surface area (Å²) in [6, 6.07) is 13.3. The maximum Gasteiger partial charge on any atom is 0.329 e. The van der Waals surface area contributed by atoms with Crippen molar-refractivity contribution in [3.05, 3.63) is 48.5 Å². The number of amides is 2. The van der Waals surface area contributed by atoms with E-state index in [9.17, 15) is 9.59 Å². The van der Waals surface area contributed by atoms with Crippen LogP contribution in [0.5, 0.6) is 0 Å². The van der Waals surface area contributed by atoms with Gasteiger partial charge in [0.15, 0.2) is 0 Å². The SMILES string of the molecule is Nc1ccc(NNC(=O)C(=O)NNc2ccc(N)cc2)cc1. The van der Waals surface area contributed by atoms with Gasteiger partial charge in [-0.25, -0.2) is 0 Å². The van der Waals surface area contributed by atoms with Crippen molar-refractivity contribution in [2.45, 2.75) is 0 Å². The Bertz CT molecular complexity index is 595. The van der Waals surface area contributed by atoms with Crippen LogP contribution in [0.2, 0.25) is 0 Å². The minimum absolute atomic E-state index is 0.599. The molecule has 8 nitrogen and oxygen atoms in total. The molecule has 0 heterocycles. The van der Waals surface area contributed by atoms with Crippen LogP contribution in [0.4, 0.5) is 22.7 Å². The average molecular weight is 300 g/mol. The van der Waals surface area contributed by atoms with Gasteiger partial charge in [-0.15, -0.1) is 0 Å². The molecule has 0 aliphatic rings. The van der Waals surface area contributed by atoms with Gasteiger partial charge in [-0.2, -0.15) is 0 Å². The molecule has 2 aromatic rings. The van der Waals surface area contributed by atoms with E-state index in [0.717, 1.165) is 0 Å². The molecule has 0 radical (unpaired) electrons. The van der Waals surface area contributed by atoms with Crippen molar-refractivity contribution in [3.63, 3.8) is 0 Å². The third-order valence-electron chi connectivity index (χ3n) is 2.67. The van der Waals surface area contributed by atoms with Crippen LogP contribution in [0, 0.1) is 0 Å². The molecular formula is C14H16N6O2. The van der Waals surface area contributed by atoms with Gasteiger partial charge in [-0.05, 0) is 48.5 Å². The van der Waals surface area contributed by atoms with Gasteiger partial charge in [0.25, 0.3) is 0 Å². The highest BCUT2D eigenvalue weighted by atomic mass is 16.2. The molecule has 0 bridgehead atoms. The quantitative estimate of drug-likeness (QED) is 0.275. The molecule has 114 valence electrons. The summed E-state index contributed by atoms with van der Waals surface area (Å²) in [7, 11) is 0. The minimum atomic E-state index is -0.847. The number of carbonyl (C=O) groups is 2. The Balaban J connectivity index is 1.78. The molecule has 0 unspecified atom stereocenters. The Labute approximate surface area is 126 Å². The lowest BCUT2D eigenvalue weighted by Gasteiger charge is -2.10.